The molecule has 0 spiro atoms. The van der Waals surface area contributed by atoms with E-state index in [0.29, 0.717) is 30.1 Å². The second-order valence-electron chi connectivity index (χ2n) is 8.94. The van der Waals surface area contributed by atoms with Gasteiger partial charge in [0.25, 0.3) is 0 Å². The number of ether oxygens (including phenoxy) is 1. The van der Waals surface area contributed by atoms with Gasteiger partial charge in [-0.05, 0) is 74.0 Å². The van der Waals surface area contributed by atoms with Crippen LogP contribution >= 0.6 is 0 Å². The van der Waals surface area contributed by atoms with E-state index in [1.165, 1.54) is 25.3 Å². The van der Waals surface area contributed by atoms with Crippen molar-refractivity contribution in [1.82, 2.24) is 0 Å². The fourth-order valence-electron chi connectivity index (χ4n) is 6.19. The zero-order valence-corrected chi connectivity index (χ0v) is 15.5. The predicted molar refractivity (Wildman–Crippen MR) is 102 cm³/mol. The summed E-state index contributed by atoms with van der Waals surface area (Å²) < 4.78 is 20.5. The summed E-state index contributed by atoms with van der Waals surface area (Å²) in [5.74, 6) is 2.10. The first-order chi connectivity index (χ1) is 13.1. The largest absolute Gasteiger partial charge is 0.489 e. The molecule has 27 heavy (non-hydrogen) atoms. The third-order valence-corrected chi connectivity index (χ3v) is 6.95. The van der Waals surface area contributed by atoms with Crippen LogP contribution in [0.3, 0.4) is 0 Å². The van der Waals surface area contributed by atoms with Crippen molar-refractivity contribution in [3.63, 3.8) is 0 Å². The van der Waals surface area contributed by atoms with Crippen LogP contribution in [0.4, 0.5) is 4.39 Å². The highest BCUT2D eigenvalue weighted by molar-refractivity contribution is 6.01. The minimum Gasteiger partial charge on any atom is -0.489 e. The minimum atomic E-state index is -0.443. The molecule has 0 aliphatic heterocycles. The van der Waals surface area contributed by atoms with Crippen LogP contribution in [0.2, 0.25) is 0 Å². The maximum Gasteiger partial charge on any atom is 0.171 e. The SMILES string of the molecule is O=C(c1ccc(OCc2ccccc2)cc1F)C12CC3CC(CC(C3)C1)C2. The first-order valence-electron chi connectivity index (χ1n) is 10.1. The topological polar surface area (TPSA) is 26.3 Å². The first kappa shape index (κ1) is 17.0. The fourth-order valence-corrected chi connectivity index (χ4v) is 6.19. The predicted octanol–water partition coefficient (Wildman–Crippen LogP) is 5.80. The van der Waals surface area contributed by atoms with Gasteiger partial charge in [-0.2, -0.15) is 0 Å². The van der Waals surface area contributed by atoms with Crippen LogP contribution < -0.4 is 4.74 Å². The summed E-state index contributed by atoms with van der Waals surface area (Å²) in [6.07, 6.45) is 6.72. The number of benzene rings is 2. The molecule has 4 aliphatic rings. The summed E-state index contributed by atoms with van der Waals surface area (Å²) in [5, 5.41) is 0. The summed E-state index contributed by atoms with van der Waals surface area (Å²) in [6, 6.07) is 14.5. The Morgan fingerprint density at radius 3 is 2.19 bits per heavy atom. The molecule has 4 saturated carbocycles. The van der Waals surface area contributed by atoms with Crippen molar-refractivity contribution in [3.05, 3.63) is 65.5 Å². The normalized spacial score (nSPS) is 31.1. The molecule has 0 atom stereocenters. The number of rotatable bonds is 5. The van der Waals surface area contributed by atoms with Crippen molar-refractivity contribution in [2.75, 3.05) is 0 Å². The molecule has 4 aliphatic carbocycles. The Bertz CT molecular complexity index is 823. The van der Waals surface area contributed by atoms with Gasteiger partial charge in [-0.15, -0.1) is 0 Å². The van der Waals surface area contributed by atoms with Crippen LogP contribution in [0.15, 0.2) is 48.5 Å². The summed E-state index contributed by atoms with van der Waals surface area (Å²) in [7, 11) is 0. The molecule has 4 bridgehead atoms. The number of halogens is 1. The van der Waals surface area contributed by atoms with Gasteiger partial charge in [0.15, 0.2) is 5.78 Å². The summed E-state index contributed by atoms with van der Waals surface area (Å²) in [5.41, 5.74) is 0.984. The van der Waals surface area contributed by atoms with Crippen molar-refractivity contribution in [3.8, 4) is 5.75 Å². The lowest BCUT2D eigenvalue weighted by molar-refractivity contribution is -0.0355. The van der Waals surface area contributed by atoms with Crippen LogP contribution in [0.25, 0.3) is 0 Å². The van der Waals surface area contributed by atoms with Gasteiger partial charge in [-0.25, -0.2) is 4.39 Å². The lowest BCUT2D eigenvalue weighted by Gasteiger charge is -2.55. The molecule has 0 saturated heterocycles. The number of carbonyl (C=O) groups is 1. The Hall–Kier alpha value is -2.16. The maximum atomic E-state index is 14.8. The summed E-state index contributed by atoms with van der Waals surface area (Å²) in [4.78, 5) is 13.3. The smallest absolute Gasteiger partial charge is 0.171 e. The molecule has 6 rings (SSSR count). The summed E-state index contributed by atoms with van der Waals surface area (Å²) >= 11 is 0. The Morgan fingerprint density at radius 1 is 0.963 bits per heavy atom. The van der Waals surface area contributed by atoms with E-state index >= 15 is 0 Å². The lowest BCUT2D eigenvalue weighted by Crippen LogP contribution is -2.50. The van der Waals surface area contributed by atoms with Gasteiger partial charge in [0.1, 0.15) is 18.2 Å². The second-order valence-corrected chi connectivity index (χ2v) is 8.94. The van der Waals surface area contributed by atoms with E-state index in [0.717, 1.165) is 24.8 Å². The average molecular weight is 364 g/mol. The lowest BCUT2D eigenvalue weighted by atomic mass is 9.48. The van der Waals surface area contributed by atoms with E-state index in [2.05, 4.69) is 0 Å². The molecule has 140 valence electrons. The average Bonchev–Trinajstić information content (AvgIpc) is 2.66. The molecule has 2 nitrogen and oxygen atoms in total. The number of Topliss-reactive ketones (excluding diaryl/α,β-unsaturated/α-hetero) is 1. The minimum absolute atomic E-state index is 0.0358. The first-order valence-corrected chi connectivity index (χ1v) is 10.1. The van der Waals surface area contributed by atoms with Gasteiger partial charge in [-0.1, -0.05) is 30.3 Å². The fraction of sp³-hybridized carbons (Fsp3) is 0.458. The quantitative estimate of drug-likeness (QED) is 0.626. The number of hydrogen-bond acceptors (Lipinski definition) is 2. The molecule has 0 amide bonds. The number of hydrogen-bond donors (Lipinski definition) is 0. The molecule has 0 heterocycles. The molecular formula is C24H25FO2. The van der Waals surface area contributed by atoms with E-state index in [9.17, 15) is 9.18 Å². The number of ketones is 1. The van der Waals surface area contributed by atoms with Crippen LogP contribution in [-0.2, 0) is 6.61 Å². The van der Waals surface area contributed by atoms with E-state index in [-0.39, 0.29) is 16.8 Å². The highest BCUT2D eigenvalue weighted by Gasteiger charge is 2.54. The molecule has 2 aromatic rings. The van der Waals surface area contributed by atoms with Crippen molar-refractivity contribution >= 4 is 5.78 Å². The molecule has 4 fully saturated rings. The third-order valence-electron chi connectivity index (χ3n) is 6.95. The standard InChI is InChI=1S/C24H25FO2/c25-22-11-20(27-15-16-4-2-1-3-5-16)6-7-21(22)23(26)24-12-17-8-18(13-24)10-19(9-17)14-24/h1-7,11,17-19H,8-10,12-15H2. The third kappa shape index (κ3) is 3.07. The Labute approximate surface area is 159 Å². The molecule has 3 heteroatoms. The Balaban J connectivity index is 1.34. The monoisotopic (exact) mass is 364 g/mol. The van der Waals surface area contributed by atoms with Gasteiger partial charge in [0.05, 0.1) is 5.56 Å². The van der Waals surface area contributed by atoms with Crippen molar-refractivity contribution in [2.45, 2.75) is 45.1 Å². The Morgan fingerprint density at radius 2 is 1.59 bits per heavy atom. The second kappa shape index (κ2) is 6.47. The zero-order valence-electron chi connectivity index (χ0n) is 15.5. The molecule has 0 N–H and O–H groups in total. The van der Waals surface area contributed by atoms with Gasteiger partial charge in [0.2, 0.25) is 0 Å². The highest BCUT2D eigenvalue weighted by Crippen LogP contribution is 2.61. The van der Waals surface area contributed by atoms with E-state index in [1.807, 2.05) is 30.3 Å². The van der Waals surface area contributed by atoms with E-state index in [1.54, 1.807) is 12.1 Å². The van der Waals surface area contributed by atoms with Crippen molar-refractivity contribution < 1.29 is 13.9 Å². The van der Waals surface area contributed by atoms with Gasteiger partial charge < -0.3 is 4.74 Å². The van der Waals surface area contributed by atoms with Crippen LogP contribution in [0, 0.1) is 29.0 Å². The van der Waals surface area contributed by atoms with E-state index < -0.39 is 5.82 Å². The van der Waals surface area contributed by atoms with E-state index in [4.69, 9.17) is 4.74 Å². The van der Waals surface area contributed by atoms with Gasteiger partial charge in [-0.3, -0.25) is 4.79 Å². The van der Waals surface area contributed by atoms with Gasteiger partial charge >= 0.3 is 0 Å². The van der Waals surface area contributed by atoms with Crippen molar-refractivity contribution in [2.24, 2.45) is 23.2 Å². The summed E-state index contributed by atoms with van der Waals surface area (Å²) in [6.45, 7) is 0.391. The van der Waals surface area contributed by atoms with Crippen LogP contribution in [-0.4, -0.2) is 5.78 Å². The van der Waals surface area contributed by atoms with Crippen molar-refractivity contribution in [1.29, 1.82) is 0 Å². The molecule has 0 aromatic heterocycles. The maximum absolute atomic E-state index is 14.8. The van der Waals surface area contributed by atoms with Crippen LogP contribution in [0.1, 0.15) is 54.4 Å². The Kier molecular flexibility index (Phi) is 4.07. The highest BCUT2D eigenvalue weighted by atomic mass is 19.1. The van der Waals surface area contributed by atoms with Gasteiger partial charge in [0, 0.05) is 11.5 Å². The molecule has 2 aromatic carbocycles. The molecule has 0 radical (unpaired) electrons. The zero-order chi connectivity index (χ0) is 18.4. The number of carbonyl (C=O) groups excluding carboxylic acids is 1. The van der Waals surface area contributed by atoms with Crippen LogP contribution in [0.5, 0.6) is 5.75 Å². The molecular weight excluding hydrogens is 339 g/mol. The molecule has 0 unspecified atom stereocenters.